The highest BCUT2D eigenvalue weighted by Crippen LogP contribution is 2.15. The van der Waals surface area contributed by atoms with Gasteiger partial charge in [0.05, 0.1) is 13.2 Å². The van der Waals surface area contributed by atoms with Crippen LogP contribution in [0.1, 0.15) is 26.2 Å². The van der Waals surface area contributed by atoms with Gasteiger partial charge in [-0.3, -0.25) is 0 Å². The predicted octanol–water partition coefficient (Wildman–Crippen LogP) is 2.11. The van der Waals surface area contributed by atoms with Crippen molar-refractivity contribution in [1.82, 2.24) is 15.0 Å². The predicted molar refractivity (Wildman–Crippen MR) is 90.4 cm³/mol. The fraction of sp³-hybridized carbons (Fsp3) is 0.667. The molecule has 1 rings (SSSR count). The Morgan fingerprint density at radius 2 is 1.61 bits per heavy atom. The van der Waals surface area contributed by atoms with Crippen molar-refractivity contribution in [3.63, 3.8) is 0 Å². The minimum atomic E-state index is -0.125. The second kappa shape index (κ2) is 13.0. The molecule has 0 bridgehead atoms. The van der Waals surface area contributed by atoms with E-state index in [0.29, 0.717) is 6.61 Å². The van der Waals surface area contributed by atoms with Crippen molar-refractivity contribution in [3.8, 4) is 18.0 Å². The molecule has 0 unspecified atom stereocenters. The van der Waals surface area contributed by atoms with Gasteiger partial charge in [0.15, 0.2) is 0 Å². The van der Waals surface area contributed by atoms with Crippen molar-refractivity contribution in [2.24, 2.45) is 0 Å². The van der Waals surface area contributed by atoms with Crippen LogP contribution in [0.3, 0.4) is 0 Å². The Balaban J connectivity index is 2.45. The van der Waals surface area contributed by atoms with E-state index >= 15 is 0 Å². The number of rotatable bonds is 14. The van der Waals surface area contributed by atoms with Crippen LogP contribution >= 0.6 is 11.8 Å². The molecule has 0 aromatic carbocycles. The van der Waals surface area contributed by atoms with Crippen LogP contribution in [-0.2, 0) is 0 Å². The van der Waals surface area contributed by atoms with Crippen molar-refractivity contribution >= 4 is 11.8 Å². The Morgan fingerprint density at radius 3 is 2.22 bits per heavy atom. The molecular formula is C15H25N3O4S. The van der Waals surface area contributed by atoms with Crippen molar-refractivity contribution < 1.29 is 19.3 Å². The molecule has 0 atom stereocenters. The second-order valence-electron chi connectivity index (χ2n) is 4.52. The second-order valence-corrected chi connectivity index (χ2v) is 5.75. The quantitative estimate of drug-likeness (QED) is 0.406. The zero-order valence-electron chi connectivity index (χ0n) is 13.6. The van der Waals surface area contributed by atoms with Gasteiger partial charge >= 0.3 is 18.0 Å². The number of aromatic nitrogens is 3. The number of hydrogen-bond donors (Lipinski definition) is 1. The molecule has 0 saturated carbocycles. The van der Waals surface area contributed by atoms with Crippen LogP contribution in [0.4, 0.5) is 0 Å². The van der Waals surface area contributed by atoms with Gasteiger partial charge in [-0.2, -0.15) is 11.8 Å². The number of aliphatic hydroxyl groups is 1. The first-order valence-electron chi connectivity index (χ1n) is 7.74. The molecule has 0 spiro atoms. The molecule has 0 fully saturated rings. The summed E-state index contributed by atoms with van der Waals surface area (Å²) < 4.78 is 16.0. The summed E-state index contributed by atoms with van der Waals surface area (Å²) in [6.07, 6.45) is 4.97. The van der Waals surface area contributed by atoms with E-state index in [1.807, 2.05) is 11.8 Å². The van der Waals surface area contributed by atoms with Crippen LogP contribution < -0.4 is 14.2 Å². The van der Waals surface area contributed by atoms with Crippen LogP contribution in [0.15, 0.2) is 12.7 Å². The first kappa shape index (κ1) is 19.5. The number of aliphatic hydroxyl groups excluding tert-OH is 1. The molecule has 23 heavy (non-hydrogen) atoms. The maximum Gasteiger partial charge on any atom is 0.326 e. The Labute approximate surface area is 141 Å². The lowest BCUT2D eigenvalue weighted by Gasteiger charge is -2.08. The molecule has 0 radical (unpaired) electrons. The smallest absolute Gasteiger partial charge is 0.326 e. The molecule has 1 aromatic heterocycles. The van der Waals surface area contributed by atoms with Crippen LogP contribution in [-0.4, -0.2) is 58.0 Å². The standard InChI is InChI=1S/C15H25N3O4S/c1-3-5-11-23-12-6-9-21-14-16-13(20-8-4-2)17-15(18-14)22-10-7-19/h4,19H,2-3,5-12H2,1H3. The number of ether oxygens (including phenoxy) is 3. The third-order valence-electron chi connectivity index (χ3n) is 2.53. The molecular weight excluding hydrogens is 318 g/mol. The molecule has 0 aliphatic rings. The van der Waals surface area contributed by atoms with Gasteiger partial charge in [-0.15, -0.1) is 15.0 Å². The van der Waals surface area contributed by atoms with E-state index in [1.54, 1.807) is 6.08 Å². The maximum atomic E-state index is 8.80. The molecule has 130 valence electrons. The van der Waals surface area contributed by atoms with E-state index in [2.05, 4.69) is 28.5 Å². The SMILES string of the molecule is C=CCOc1nc(OCCO)nc(OCCCSCCCC)n1. The molecule has 1 heterocycles. The van der Waals surface area contributed by atoms with Gasteiger partial charge in [-0.25, -0.2) is 0 Å². The van der Waals surface area contributed by atoms with Gasteiger partial charge in [0.1, 0.15) is 13.2 Å². The van der Waals surface area contributed by atoms with E-state index in [0.717, 1.165) is 12.2 Å². The summed E-state index contributed by atoms with van der Waals surface area (Å²) in [7, 11) is 0. The third-order valence-corrected chi connectivity index (χ3v) is 3.69. The van der Waals surface area contributed by atoms with Gasteiger partial charge in [0.25, 0.3) is 0 Å². The van der Waals surface area contributed by atoms with Gasteiger partial charge in [0.2, 0.25) is 0 Å². The van der Waals surface area contributed by atoms with Crippen molar-refractivity contribution in [2.75, 3.05) is 37.9 Å². The number of thioether (sulfide) groups is 1. The van der Waals surface area contributed by atoms with Crippen LogP contribution in [0.5, 0.6) is 18.0 Å². The fourth-order valence-electron chi connectivity index (χ4n) is 1.46. The van der Waals surface area contributed by atoms with E-state index in [1.165, 1.54) is 18.6 Å². The Morgan fingerprint density at radius 1 is 1.00 bits per heavy atom. The molecule has 1 N–H and O–H groups in total. The first-order valence-corrected chi connectivity index (χ1v) is 8.89. The lowest BCUT2D eigenvalue weighted by molar-refractivity contribution is 0.184. The fourth-order valence-corrected chi connectivity index (χ4v) is 2.48. The van der Waals surface area contributed by atoms with Crippen LogP contribution in [0.2, 0.25) is 0 Å². The monoisotopic (exact) mass is 343 g/mol. The van der Waals surface area contributed by atoms with Gasteiger partial charge < -0.3 is 19.3 Å². The average molecular weight is 343 g/mol. The minimum absolute atomic E-state index is 0.0698. The third kappa shape index (κ3) is 9.25. The normalized spacial score (nSPS) is 10.3. The molecule has 0 amide bonds. The summed E-state index contributed by atoms with van der Waals surface area (Å²) in [5, 5.41) is 8.80. The Kier molecular flexibility index (Phi) is 11.0. The number of hydrogen-bond acceptors (Lipinski definition) is 8. The van der Waals surface area contributed by atoms with Crippen LogP contribution in [0, 0.1) is 0 Å². The summed E-state index contributed by atoms with van der Waals surface area (Å²) in [4.78, 5) is 12.1. The van der Waals surface area contributed by atoms with E-state index in [4.69, 9.17) is 19.3 Å². The first-order chi connectivity index (χ1) is 11.3. The van der Waals surface area contributed by atoms with Crippen molar-refractivity contribution in [3.05, 3.63) is 12.7 Å². The highest BCUT2D eigenvalue weighted by molar-refractivity contribution is 7.99. The summed E-state index contributed by atoms with van der Waals surface area (Å²) in [6.45, 7) is 6.52. The van der Waals surface area contributed by atoms with Crippen LogP contribution in [0.25, 0.3) is 0 Å². The molecule has 0 aliphatic carbocycles. The zero-order valence-corrected chi connectivity index (χ0v) is 14.4. The van der Waals surface area contributed by atoms with Crippen molar-refractivity contribution in [1.29, 1.82) is 0 Å². The highest BCUT2D eigenvalue weighted by atomic mass is 32.2. The van der Waals surface area contributed by atoms with E-state index < -0.39 is 0 Å². The maximum absolute atomic E-state index is 8.80. The number of unbranched alkanes of at least 4 members (excludes halogenated alkanes) is 1. The lowest BCUT2D eigenvalue weighted by atomic mass is 10.4. The zero-order chi connectivity index (χ0) is 16.8. The largest absolute Gasteiger partial charge is 0.463 e. The molecule has 0 saturated heterocycles. The van der Waals surface area contributed by atoms with Crippen molar-refractivity contribution in [2.45, 2.75) is 26.2 Å². The highest BCUT2D eigenvalue weighted by Gasteiger charge is 2.09. The van der Waals surface area contributed by atoms with E-state index in [-0.39, 0.29) is 37.9 Å². The molecule has 8 heteroatoms. The average Bonchev–Trinajstić information content (AvgIpc) is 2.57. The topological polar surface area (TPSA) is 86.6 Å². The summed E-state index contributed by atoms with van der Waals surface area (Å²) in [5.74, 6) is 2.22. The minimum Gasteiger partial charge on any atom is -0.463 e. The Hall–Kier alpha value is -1.54. The molecule has 1 aromatic rings. The summed E-state index contributed by atoms with van der Waals surface area (Å²) in [6, 6.07) is 0.339. The van der Waals surface area contributed by atoms with E-state index in [9.17, 15) is 0 Å². The summed E-state index contributed by atoms with van der Waals surface area (Å²) in [5.41, 5.74) is 0. The van der Waals surface area contributed by atoms with Gasteiger partial charge in [-0.05, 0) is 24.3 Å². The number of nitrogens with zero attached hydrogens (tertiary/aromatic N) is 3. The molecule has 0 aliphatic heterocycles. The van der Waals surface area contributed by atoms with Gasteiger partial charge in [0, 0.05) is 0 Å². The Bertz CT molecular complexity index is 449. The summed E-state index contributed by atoms with van der Waals surface area (Å²) >= 11 is 1.92. The lowest BCUT2D eigenvalue weighted by Crippen LogP contribution is -2.10. The van der Waals surface area contributed by atoms with Gasteiger partial charge in [-0.1, -0.05) is 26.0 Å². The molecule has 7 nitrogen and oxygen atoms in total.